The monoisotopic (exact) mass is 330 g/mol. The van der Waals surface area contributed by atoms with Gasteiger partial charge in [-0.3, -0.25) is 14.5 Å². The van der Waals surface area contributed by atoms with Crippen molar-refractivity contribution in [3.63, 3.8) is 0 Å². The molecular weight excluding hydrogens is 304 g/mol. The van der Waals surface area contributed by atoms with Gasteiger partial charge in [0.15, 0.2) is 5.78 Å². The Labute approximate surface area is 143 Å². The Hall–Kier alpha value is -2.17. The quantitative estimate of drug-likeness (QED) is 0.664. The molecule has 1 fully saturated rings. The van der Waals surface area contributed by atoms with Crippen LogP contribution < -0.4 is 5.32 Å². The number of nitrogens with one attached hydrogen (secondary N) is 1. The van der Waals surface area contributed by atoms with Crippen molar-refractivity contribution in [1.29, 1.82) is 0 Å². The molecule has 1 aromatic carbocycles. The molecule has 130 valence electrons. The number of ketones is 1. The molecule has 0 saturated carbocycles. The fraction of sp³-hybridized carbons (Fsp3) is 0.526. The summed E-state index contributed by atoms with van der Waals surface area (Å²) >= 11 is 0. The van der Waals surface area contributed by atoms with E-state index < -0.39 is 5.54 Å². The fourth-order valence-corrected chi connectivity index (χ4v) is 3.73. The number of hydrogen-bond acceptors (Lipinski definition) is 3. The highest BCUT2D eigenvalue weighted by atomic mass is 16.2. The Kier molecular flexibility index (Phi) is 4.83. The highest BCUT2D eigenvalue weighted by Gasteiger charge is 2.47. The number of benzene rings is 1. The number of aryl methyl sites for hydroxylation is 2. The van der Waals surface area contributed by atoms with Crippen LogP contribution in [0.3, 0.4) is 0 Å². The Morgan fingerprint density at radius 2 is 1.83 bits per heavy atom. The van der Waals surface area contributed by atoms with E-state index in [-0.39, 0.29) is 24.3 Å². The molecule has 1 aliphatic heterocycles. The highest BCUT2D eigenvalue weighted by Crippen LogP contribution is 2.28. The second kappa shape index (κ2) is 6.38. The van der Waals surface area contributed by atoms with Crippen molar-refractivity contribution < 1.29 is 14.4 Å². The van der Waals surface area contributed by atoms with Crippen LogP contribution in [0, 0.1) is 20.8 Å². The van der Waals surface area contributed by atoms with Crippen LogP contribution in [0.15, 0.2) is 6.07 Å². The lowest BCUT2D eigenvalue weighted by atomic mass is 9.91. The number of carbonyl (C=O) groups excluding carboxylic acids is 3. The summed E-state index contributed by atoms with van der Waals surface area (Å²) in [6, 6.07) is 1.59. The highest BCUT2D eigenvalue weighted by molar-refractivity contribution is 6.06. The van der Waals surface area contributed by atoms with Crippen LogP contribution in [-0.2, 0) is 11.3 Å². The number of imide groups is 1. The van der Waals surface area contributed by atoms with Crippen LogP contribution in [0.25, 0.3) is 0 Å². The molecule has 1 aromatic rings. The summed E-state index contributed by atoms with van der Waals surface area (Å²) in [5.41, 5.74) is 3.48. The van der Waals surface area contributed by atoms with Gasteiger partial charge in [0.25, 0.3) is 5.91 Å². The molecule has 1 N–H and O–H groups in total. The summed E-state index contributed by atoms with van der Waals surface area (Å²) in [7, 11) is 0. The second-order valence-corrected chi connectivity index (χ2v) is 6.95. The molecule has 1 saturated heterocycles. The van der Waals surface area contributed by atoms with Gasteiger partial charge < -0.3 is 5.32 Å². The number of nitrogens with zero attached hydrogens (tertiary/aromatic N) is 1. The van der Waals surface area contributed by atoms with Crippen LogP contribution in [-0.4, -0.2) is 28.2 Å². The zero-order chi connectivity index (χ0) is 18.2. The minimum absolute atomic E-state index is 0.000675. The first-order chi connectivity index (χ1) is 11.1. The van der Waals surface area contributed by atoms with Crippen molar-refractivity contribution in [1.82, 2.24) is 10.2 Å². The lowest BCUT2D eigenvalue weighted by Gasteiger charge is -2.22. The van der Waals surface area contributed by atoms with Crippen LogP contribution in [0.5, 0.6) is 0 Å². The molecule has 0 spiro atoms. The molecule has 1 atom stereocenters. The summed E-state index contributed by atoms with van der Waals surface area (Å²) < 4.78 is 0. The van der Waals surface area contributed by atoms with E-state index in [1.807, 2.05) is 33.8 Å². The normalized spacial score (nSPS) is 20.5. The van der Waals surface area contributed by atoms with E-state index in [0.29, 0.717) is 12.0 Å². The third kappa shape index (κ3) is 2.95. The van der Waals surface area contributed by atoms with Gasteiger partial charge in [-0.15, -0.1) is 0 Å². The SMILES string of the molecule is CCC[C@]1(C)NC(=O)N(Cc2c(C)cc(C)c(C(C)=O)c2C)C1=O. The summed E-state index contributed by atoms with van der Waals surface area (Å²) in [6.07, 6.45) is 1.42. The maximum Gasteiger partial charge on any atom is 0.325 e. The molecule has 2 rings (SSSR count). The van der Waals surface area contributed by atoms with Crippen molar-refractivity contribution in [3.05, 3.63) is 33.9 Å². The van der Waals surface area contributed by atoms with E-state index >= 15 is 0 Å². The van der Waals surface area contributed by atoms with Gasteiger partial charge in [-0.05, 0) is 63.3 Å². The Morgan fingerprint density at radius 1 is 1.21 bits per heavy atom. The zero-order valence-corrected chi connectivity index (χ0v) is 15.4. The maximum atomic E-state index is 12.7. The van der Waals surface area contributed by atoms with E-state index in [4.69, 9.17) is 0 Å². The third-order valence-electron chi connectivity index (χ3n) is 4.89. The van der Waals surface area contributed by atoms with Crippen molar-refractivity contribution in [2.75, 3.05) is 0 Å². The number of hydrogen-bond donors (Lipinski definition) is 1. The first kappa shape index (κ1) is 18.2. The number of Topliss-reactive ketones (excluding diaryl/α,β-unsaturated/α-hetero) is 1. The number of amides is 3. The van der Waals surface area contributed by atoms with Gasteiger partial charge in [-0.25, -0.2) is 4.79 Å². The van der Waals surface area contributed by atoms with Crippen molar-refractivity contribution in [3.8, 4) is 0 Å². The van der Waals surface area contributed by atoms with Gasteiger partial charge >= 0.3 is 6.03 Å². The molecule has 24 heavy (non-hydrogen) atoms. The maximum absolute atomic E-state index is 12.7. The molecule has 3 amide bonds. The topological polar surface area (TPSA) is 66.5 Å². The largest absolute Gasteiger partial charge is 0.325 e. The molecule has 5 nitrogen and oxygen atoms in total. The van der Waals surface area contributed by atoms with Crippen molar-refractivity contribution in [2.45, 2.75) is 66.5 Å². The molecule has 0 unspecified atom stereocenters. The molecule has 0 aromatic heterocycles. The van der Waals surface area contributed by atoms with Gasteiger partial charge in [0.05, 0.1) is 6.54 Å². The smallest absolute Gasteiger partial charge is 0.323 e. The molecular formula is C19H26N2O3. The predicted molar refractivity (Wildman–Crippen MR) is 93.1 cm³/mol. The average Bonchev–Trinajstić information content (AvgIpc) is 2.65. The minimum Gasteiger partial charge on any atom is -0.323 e. The van der Waals surface area contributed by atoms with Gasteiger partial charge in [0.1, 0.15) is 5.54 Å². The average molecular weight is 330 g/mol. The van der Waals surface area contributed by atoms with Gasteiger partial charge in [-0.1, -0.05) is 19.4 Å². The van der Waals surface area contributed by atoms with Crippen LogP contribution >= 0.6 is 0 Å². The van der Waals surface area contributed by atoms with E-state index in [1.54, 1.807) is 13.8 Å². The predicted octanol–water partition coefficient (Wildman–Crippen LogP) is 3.43. The zero-order valence-electron chi connectivity index (χ0n) is 15.4. The standard InChI is InChI=1S/C19H26N2O3/c1-7-8-19(6)17(23)21(18(24)20-19)10-15-11(2)9-12(3)16(13(15)4)14(5)22/h9H,7-8,10H2,1-6H3,(H,20,24)/t19-/m0/s1. The fourth-order valence-electron chi connectivity index (χ4n) is 3.73. The Balaban J connectivity index is 2.42. The van der Waals surface area contributed by atoms with Crippen molar-refractivity contribution in [2.24, 2.45) is 0 Å². The Bertz CT molecular complexity index is 724. The van der Waals surface area contributed by atoms with Crippen LogP contribution in [0.1, 0.15) is 66.2 Å². The Morgan fingerprint density at radius 3 is 2.38 bits per heavy atom. The summed E-state index contributed by atoms with van der Waals surface area (Å²) in [6.45, 7) is 11.2. The summed E-state index contributed by atoms with van der Waals surface area (Å²) in [4.78, 5) is 38.2. The van der Waals surface area contributed by atoms with E-state index in [2.05, 4.69) is 5.32 Å². The van der Waals surface area contributed by atoms with E-state index in [9.17, 15) is 14.4 Å². The summed E-state index contributed by atoms with van der Waals surface area (Å²) in [5, 5.41) is 2.81. The van der Waals surface area contributed by atoms with E-state index in [1.165, 1.54) is 4.90 Å². The van der Waals surface area contributed by atoms with Gasteiger partial charge in [0.2, 0.25) is 0 Å². The minimum atomic E-state index is -0.832. The lowest BCUT2D eigenvalue weighted by Crippen LogP contribution is -2.43. The van der Waals surface area contributed by atoms with Crippen LogP contribution in [0.4, 0.5) is 4.79 Å². The van der Waals surface area contributed by atoms with Crippen LogP contribution in [0.2, 0.25) is 0 Å². The first-order valence-corrected chi connectivity index (χ1v) is 8.37. The molecule has 0 radical (unpaired) electrons. The summed E-state index contributed by atoms with van der Waals surface area (Å²) in [5.74, 6) is -0.197. The first-order valence-electron chi connectivity index (χ1n) is 8.37. The number of carbonyl (C=O) groups is 3. The third-order valence-corrected chi connectivity index (χ3v) is 4.89. The van der Waals surface area contributed by atoms with Crippen molar-refractivity contribution >= 4 is 17.7 Å². The molecule has 5 heteroatoms. The van der Waals surface area contributed by atoms with Gasteiger partial charge in [0, 0.05) is 5.56 Å². The van der Waals surface area contributed by atoms with E-state index in [0.717, 1.165) is 28.7 Å². The lowest BCUT2D eigenvalue weighted by molar-refractivity contribution is -0.131. The molecule has 0 aliphatic carbocycles. The van der Waals surface area contributed by atoms with Gasteiger partial charge in [-0.2, -0.15) is 0 Å². The molecule has 0 bridgehead atoms. The number of rotatable bonds is 5. The molecule has 1 aliphatic rings. The molecule has 1 heterocycles. The number of urea groups is 1. The second-order valence-electron chi connectivity index (χ2n) is 6.95.